The summed E-state index contributed by atoms with van der Waals surface area (Å²) < 4.78 is 5.35. The molecule has 2 aliphatic heterocycles. The van der Waals surface area contributed by atoms with E-state index in [0.717, 1.165) is 39.1 Å². The third kappa shape index (κ3) is 3.43. The summed E-state index contributed by atoms with van der Waals surface area (Å²) in [6.45, 7) is 8.16. The van der Waals surface area contributed by atoms with Gasteiger partial charge in [-0.2, -0.15) is 0 Å². The van der Waals surface area contributed by atoms with Gasteiger partial charge in [-0.3, -0.25) is 4.79 Å². The van der Waals surface area contributed by atoms with E-state index < -0.39 is 0 Å². The van der Waals surface area contributed by atoms with Crippen molar-refractivity contribution in [2.75, 3.05) is 53.0 Å². The molecule has 104 valence electrons. The fourth-order valence-corrected chi connectivity index (χ4v) is 2.70. The third-order valence-corrected chi connectivity index (χ3v) is 3.93. The maximum absolute atomic E-state index is 12.3. The minimum Gasteiger partial charge on any atom is -0.378 e. The zero-order chi connectivity index (χ0) is 13.0. The molecule has 2 fully saturated rings. The fourth-order valence-electron chi connectivity index (χ4n) is 2.70. The van der Waals surface area contributed by atoms with Crippen molar-refractivity contribution in [1.29, 1.82) is 0 Å². The topological polar surface area (TPSA) is 44.8 Å². The van der Waals surface area contributed by atoms with E-state index in [4.69, 9.17) is 4.74 Å². The van der Waals surface area contributed by atoms with Crippen molar-refractivity contribution in [3.63, 3.8) is 0 Å². The van der Waals surface area contributed by atoms with Crippen molar-refractivity contribution in [2.45, 2.75) is 19.4 Å². The summed E-state index contributed by atoms with van der Waals surface area (Å²) in [4.78, 5) is 16.6. The molecular formula is C13H25N3O2. The number of carbonyl (C=O) groups excluding carboxylic acids is 1. The molecule has 0 aromatic heterocycles. The number of ether oxygens (including phenoxy) is 1. The van der Waals surface area contributed by atoms with Gasteiger partial charge in [-0.15, -0.1) is 0 Å². The molecule has 5 nitrogen and oxygen atoms in total. The number of morpholine rings is 1. The van der Waals surface area contributed by atoms with E-state index in [2.05, 4.69) is 24.2 Å². The van der Waals surface area contributed by atoms with Crippen LogP contribution >= 0.6 is 0 Å². The SMILES string of the molecule is CCN(C)CC1CCN(C(=O)C2COCCN2)C1. The highest BCUT2D eigenvalue weighted by atomic mass is 16.5. The lowest BCUT2D eigenvalue weighted by Gasteiger charge is -2.27. The van der Waals surface area contributed by atoms with Crippen LogP contribution in [0.25, 0.3) is 0 Å². The van der Waals surface area contributed by atoms with Gasteiger partial charge in [0.2, 0.25) is 5.91 Å². The lowest BCUT2D eigenvalue weighted by Crippen LogP contribution is -2.52. The highest BCUT2D eigenvalue weighted by molar-refractivity contribution is 5.82. The molecule has 1 amide bonds. The van der Waals surface area contributed by atoms with Crippen LogP contribution in [0.2, 0.25) is 0 Å². The molecule has 18 heavy (non-hydrogen) atoms. The molecule has 2 aliphatic rings. The maximum Gasteiger partial charge on any atom is 0.242 e. The van der Waals surface area contributed by atoms with Crippen molar-refractivity contribution >= 4 is 5.91 Å². The van der Waals surface area contributed by atoms with E-state index in [1.54, 1.807) is 0 Å². The summed E-state index contributed by atoms with van der Waals surface area (Å²) in [6.07, 6.45) is 1.13. The Hall–Kier alpha value is -0.650. The first-order valence-electron chi connectivity index (χ1n) is 6.99. The van der Waals surface area contributed by atoms with Gasteiger partial charge >= 0.3 is 0 Å². The number of rotatable bonds is 4. The lowest BCUT2D eigenvalue weighted by atomic mass is 10.1. The Kier molecular flexibility index (Phi) is 4.97. The molecule has 0 aromatic carbocycles. The van der Waals surface area contributed by atoms with E-state index in [1.807, 2.05) is 4.90 Å². The van der Waals surface area contributed by atoms with Gasteiger partial charge in [0.25, 0.3) is 0 Å². The lowest BCUT2D eigenvalue weighted by molar-refractivity contribution is -0.135. The number of carbonyl (C=O) groups is 1. The molecular weight excluding hydrogens is 230 g/mol. The molecule has 0 bridgehead atoms. The summed E-state index contributed by atoms with van der Waals surface area (Å²) in [5.41, 5.74) is 0. The van der Waals surface area contributed by atoms with Crippen LogP contribution in [0.3, 0.4) is 0 Å². The van der Waals surface area contributed by atoms with Gasteiger partial charge in [0.15, 0.2) is 0 Å². The predicted octanol–water partition coefficient (Wildman–Crippen LogP) is -0.225. The van der Waals surface area contributed by atoms with Crippen molar-refractivity contribution in [1.82, 2.24) is 15.1 Å². The molecule has 2 saturated heterocycles. The van der Waals surface area contributed by atoms with E-state index in [0.29, 0.717) is 19.1 Å². The van der Waals surface area contributed by atoms with Crippen molar-refractivity contribution in [3.05, 3.63) is 0 Å². The zero-order valence-electron chi connectivity index (χ0n) is 11.5. The summed E-state index contributed by atoms with van der Waals surface area (Å²) >= 11 is 0. The van der Waals surface area contributed by atoms with Crippen LogP contribution in [-0.4, -0.2) is 74.7 Å². The van der Waals surface area contributed by atoms with Crippen LogP contribution in [0.15, 0.2) is 0 Å². The Morgan fingerprint density at radius 2 is 2.39 bits per heavy atom. The number of amides is 1. The normalized spacial score (nSPS) is 28.9. The summed E-state index contributed by atoms with van der Waals surface area (Å²) in [7, 11) is 2.14. The van der Waals surface area contributed by atoms with Gasteiger partial charge in [-0.1, -0.05) is 6.92 Å². The average Bonchev–Trinajstić information content (AvgIpc) is 2.87. The Bertz CT molecular complexity index is 279. The van der Waals surface area contributed by atoms with Crippen LogP contribution in [-0.2, 0) is 9.53 Å². The summed E-state index contributed by atoms with van der Waals surface area (Å²) in [5.74, 6) is 0.847. The monoisotopic (exact) mass is 255 g/mol. The molecule has 5 heteroatoms. The molecule has 2 rings (SSSR count). The van der Waals surface area contributed by atoms with Gasteiger partial charge in [0.05, 0.1) is 13.2 Å². The Morgan fingerprint density at radius 1 is 1.56 bits per heavy atom. The van der Waals surface area contributed by atoms with Crippen LogP contribution in [0, 0.1) is 5.92 Å². The second-order valence-corrected chi connectivity index (χ2v) is 5.38. The number of hydrogen-bond acceptors (Lipinski definition) is 4. The van der Waals surface area contributed by atoms with Gasteiger partial charge < -0.3 is 19.9 Å². The van der Waals surface area contributed by atoms with Gasteiger partial charge in [-0.25, -0.2) is 0 Å². The second kappa shape index (κ2) is 6.50. The summed E-state index contributed by atoms with van der Waals surface area (Å²) in [5, 5.41) is 3.24. The van der Waals surface area contributed by atoms with Crippen LogP contribution in [0.4, 0.5) is 0 Å². The Labute approximate surface area is 109 Å². The highest BCUT2D eigenvalue weighted by Gasteiger charge is 2.31. The third-order valence-electron chi connectivity index (χ3n) is 3.93. The maximum atomic E-state index is 12.3. The first kappa shape index (κ1) is 13.8. The molecule has 2 heterocycles. The molecule has 0 saturated carbocycles. The van der Waals surface area contributed by atoms with Gasteiger partial charge in [-0.05, 0) is 25.9 Å². The number of nitrogens with one attached hydrogen (secondary N) is 1. The molecule has 0 aliphatic carbocycles. The minimum absolute atomic E-state index is 0.124. The highest BCUT2D eigenvalue weighted by Crippen LogP contribution is 2.18. The second-order valence-electron chi connectivity index (χ2n) is 5.38. The quantitative estimate of drug-likeness (QED) is 0.754. The van der Waals surface area contributed by atoms with Gasteiger partial charge in [0, 0.05) is 26.2 Å². The van der Waals surface area contributed by atoms with E-state index >= 15 is 0 Å². The van der Waals surface area contributed by atoms with E-state index in [1.165, 1.54) is 0 Å². The first-order valence-corrected chi connectivity index (χ1v) is 6.99. The predicted molar refractivity (Wildman–Crippen MR) is 70.5 cm³/mol. The number of nitrogens with zero attached hydrogens (tertiary/aromatic N) is 2. The zero-order valence-corrected chi connectivity index (χ0v) is 11.5. The smallest absolute Gasteiger partial charge is 0.242 e. The van der Waals surface area contributed by atoms with Crippen LogP contribution < -0.4 is 5.32 Å². The van der Waals surface area contributed by atoms with E-state index in [9.17, 15) is 4.79 Å². The number of likely N-dealkylation sites (tertiary alicyclic amines) is 1. The minimum atomic E-state index is -0.124. The molecule has 0 radical (unpaired) electrons. The Balaban J connectivity index is 1.78. The van der Waals surface area contributed by atoms with E-state index in [-0.39, 0.29) is 11.9 Å². The molecule has 2 atom stereocenters. The molecule has 0 aromatic rings. The number of hydrogen-bond donors (Lipinski definition) is 1. The molecule has 2 unspecified atom stereocenters. The largest absolute Gasteiger partial charge is 0.378 e. The molecule has 1 N–H and O–H groups in total. The average molecular weight is 255 g/mol. The summed E-state index contributed by atoms with van der Waals surface area (Å²) in [6, 6.07) is -0.124. The Morgan fingerprint density at radius 3 is 3.06 bits per heavy atom. The van der Waals surface area contributed by atoms with Crippen molar-refractivity contribution < 1.29 is 9.53 Å². The van der Waals surface area contributed by atoms with Gasteiger partial charge in [0.1, 0.15) is 6.04 Å². The van der Waals surface area contributed by atoms with Crippen LogP contribution in [0.1, 0.15) is 13.3 Å². The van der Waals surface area contributed by atoms with Crippen LogP contribution in [0.5, 0.6) is 0 Å². The molecule has 0 spiro atoms. The van der Waals surface area contributed by atoms with Crippen molar-refractivity contribution in [3.8, 4) is 0 Å². The fraction of sp³-hybridized carbons (Fsp3) is 0.923. The standard InChI is InChI=1S/C13H25N3O2/c1-3-15(2)8-11-4-6-16(9-11)13(17)12-10-18-7-5-14-12/h11-12,14H,3-10H2,1-2H3. The first-order chi connectivity index (χ1) is 8.70. The van der Waals surface area contributed by atoms with Crippen molar-refractivity contribution in [2.24, 2.45) is 5.92 Å².